The minimum absolute atomic E-state index is 0. The van der Waals surface area contributed by atoms with Crippen molar-refractivity contribution in [2.75, 3.05) is 38.6 Å². The van der Waals surface area contributed by atoms with Crippen LogP contribution in [0.5, 0.6) is 0 Å². The molecule has 138 valence electrons. The third-order valence-corrected chi connectivity index (χ3v) is 5.88. The molecule has 1 rings (SSSR count). The predicted molar refractivity (Wildman–Crippen MR) is 114 cm³/mol. The van der Waals surface area contributed by atoms with E-state index in [4.69, 9.17) is 9.73 Å². The maximum Gasteiger partial charge on any atom is 0.191 e. The van der Waals surface area contributed by atoms with Gasteiger partial charge < -0.3 is 15.4 Å². The number of ether oxygens (including phenoxy) is 1. The van der Waals surface area contributed by atoms with E-state index in [-0.39, 0.29) is 28.7 Å². The molecule has 1 saturated heterocycles. The summed E-state index contributed by atoms with van der Waals surface area (Å²) in [5, 5.41) is 6.90. The van der Waals surface area contributed by atoms with Gasteiger partial charge in [-0.25, -0.2) is 0 Å². The average molecular weight is 457 g/mol. The van der Waals surface area contributed by atoms with Crippen LogP contribution in [0.25, 0.3) is 0 Å². The molecule has 0 aromatic carbocycles. The zero-order valence-corrected chi connectivity index (χ0v) is 18.5. The summed E-state index contributed by atoms with van der Waals surface area (Å²) >= 11 is 2.05. The van der Waals surface area contributed by atoms with Crippen molar-refractivity contribution in [1.29, 1.82) is 0 Å². The average Bonchev–Trinajstić information content (AvgIpc) is 2.54. The van der Waals surface area contributed by atoms with Crippen LogP contribution in [0.2, 0.25) is 0 Å². The number of nitrogens with one attached hydrogen (secondary N) is 2. The molecule has 0 amide bonds. The number of thioether (sulfide) groups is 1. The molecule has 0 bridgehead atoms. The predicted octanol–water partition coefficient (Wildman–Crippen LogP) is 3.90. The lowest BCUT2D eigenvalue weighted by atomic mass is 9.99. The minimum atomic E-state index is 0. The smallest absolute Gasteiger partial charge is 0.191 e. The maximum absolute atomic E-state index is 5.54. The Labute approximate surface area is 164 Å². The van der Waals surface area contributed by atoms with Crippen LogP contribution >= 0.6 is 35.7 Å². The molecule has 0 aromatic rings. The third kappa shape index (κ3) is 8.82. The quantitative estimate of drug-likeness (QED) is 0.313. The van der Waals surface area contributed by atoms with Gasteiger partial charge in [-0.3, -0.25) is 4.99 Å². The molecule has 0 spiro atoms. The van der Waals surface area contributed by atoms with Gasteiger partial charge >= 0.3 is 0 Å². The summed E-state index contributed by atoms with van der Waals surface area (Å²) in [4.78, 5) is 4.89. The van der Waals surface area contributed by atoms with Gasteiger partial charge in [-0.1, -0.05) is 33.6 Å². The fourth-order valence-electron chi connectivity index (χ4n) is 2.78. The standard InChI is InChI=1S/C17H35N3OS.HI/c1-5-15(6-2)13-19-16(18-7-3)20-14-17(22-8-4)9-11-21-12-10-17;/h15H,5-14H2,1-4H3,(H2,18,19,20);1H. The van der Waals surface area contributed by atoms with E-state index in [1.54, 1.807) is 0 Å². The van der Waals surface area contributed by atoms with Crippen molar-refractivity contribution < 1.29 is 4.74 Å². The van der Waals surface area contributed by atoms with Crippen LogP contribution in [0.4, 0.5) is 0 Å². The topological polar surface area (TPSA) is 45.7 Å². The van der Waals surface area contributed by atoms with E-state index >= 15 is 0 Å². The van der Waals surface area contributed by atoms with Crippen molar-refractivity contribution in [2.45, 2.75) is 58.1 Å². The number of hydrogen-bond acceptors (Lipinski definition) is 3. The van der Waals surface area contributed by atoms with Gasteiger partial charge in [0.05, 0.1) is 6.54 Å². The summed E-state index contributed by atoms with van der Waals surface area (Å²) in [6.07, 6.45) is 4.66. The van der Waals surface area contributed by atoms with Crippen molar-refractivity contribution in [3.05, 3.63) is 0 Å². The second-order valence-electron chi connectivity index (χ2n) is 5.99. The van der Waals surface area contributed by atoms with Gasteiger partial charge in [-0.05, 0) is 31.4 Å². The molecule has 0 radical (unpaired) electrons. The zero-order chi connectivity index (χ0) is 16.3. The van der Waals surface area contributed by atoms with Crippen LogP contribution in [0.3, 0.4) is 0 Å². The van der Waals surface area contributed by atoms with Crippen molar-refractivity contribution >= 4 is 41.7 Å². The molecule has 0 aliphatic carbocycles. The molecule has 1 aliphatic heterocycles. The lowest BCUT2D eigenvalue weighted by Crippen LogP contribution is -2.42. The number of guanidine groups is 1. The lowest BCUT2D eigenvalue weighted by molar-refractivity contribution is 0.0793. The van der Waals surface area contributed by atoms with Gasteiger partial charge in [-0.15, -0.1) is 24.0 Å². The lowest BCUT2D eigenvalue weighted by Gasteiger charge is -2.35. The summed E-state index contributed by atoms with van der Waals surface area (Å²) in [7, 11) is 0. The number of nitrogens with zero attached hydrogens (tertiary/aromatic N) is 1. The third-order valence-electron chi connectivity index (χ3n) is 4.44. The van der Waals surface area contributed by atoms with Crippen molar-refractivity contribution in [2.24, 2.45) is 10.9 Å². The van der Waals surface area contributed by atoms with Crippen LogP contribution in [-0.4, -0.2) is 49.3 Å². The molecule has 23 heavy (non-hydrogen) atoms. The Morgan fingerprint density at radius 2 is 1.78 bits per heavy atom. The number of aliphatic imine (C=N–C) groups is 1. The molecule has 0 saturated carbocycles. The van der Waals surface area contributed by atoms with E-state index in [1.807, 2.05) is 0 Å². The number of hydrogen-bond donors (Lipinski definition) is 2. The summed E-state index contributed by atoms with van der Waals surface area (Å²) in [5.41, 5.74) is 0. The fourth-order valence-corrected chi connectivity index (χ4v) is 4.00. The van der Waals surface area contributed by atoms with Gasteiger partial charge in [-0.2, -0.15) is 11.8 Å². The molecule has 1 aliphatic rings. The Kier molecular flexibility index (Phi) is 13.8. The number of rotatable bonds is 9. The van der Waals surface area contributed by atoms with E-state index in [2.05, 4.69) is 50.1 Å². The Morgan fingerprint density at radius 3 is 2.30 bits per heavy atom. The Morgan fingerprint density at radius 1 is 1.13 bits per heavy atom. The highest BCUT2D eigenvalue weighted by atomic mass is 127. The first-order valence-electron chi connectivity index (χ1n) is 8.93. The Balaban J connectivity index is 0.00000484. The van der Waals surface area contributed by atoms with E-state index in [1.165, 1.54) is 12.8 Å². The second kappa shape index (κ2) is 13.6. The van der Waals surface area contributed by atoms with Gasteiger partial charge in [0.2, 0.25) is 0 Å². The summed E-state index contributed by atoms with van der Waals surface area (Å²) in [5.74, 6) is 2.84. The molecule has 6 heteroatoms. The molecular formula is C17H36IN3OS. The van der Waals surface area contributed by atoms with Crippen LogP contribution in [-0.2, 0) is 4.74 Å². The highest BCUT2D eigenvalue weighted by Crippen LogP contribution is 2.35. The van der Waals surface area contributed by atoms with E-state index in [0.29, 0.717) is 0 Å². The van der Waals surface area contributed by atoms with Crippen molar-refractivity contribution in [3.63, 3.8) is 0 Å². The molecule has 4 nitrogen and oxygen atoms in total. The van der Waals surface area contributed by atoms with Crippen LogP contribution in [0.1, 0.15) is 53.4 Å². The highest BCUT2D eigenvalue weighted by molar-refractivity contribution is 14.0. The molecule has 1 fully saturated rings. The second-order valence-corrected chi connectivity index (χ2v) is 7.72. The molecule has 2 N–H and O–H groups in total. The molecule has 0 unspecified atom stereocenters. The first kappa shape index (κ1) is 23.3. The van der Waals surface area contributed by atoms with Gasteiger partial charge in [0.15, 0.2) is 5.96 Å². The summed E-state index contributed by atoms with van der Waals surface area (Å²) in [6.45, 7) is 13.4. The molecule has 0 aromatic heterocycles. The number of halogens is 1. The Hall–Kier alpha value is 0.310. The Bertz CT molecular complexity index is 313. The highest BCUT2D eigenvalue weighted by Gasteiger charge is 2.32. The molecular weight excluding hydrogens is 421 g/mol. The summed E-state index contributed by atoms with van der Waals surface area (Å²) in [6, 6.07) is 0. The fraction of sp³-hybridized carbons (Fsp3) is 0.941. The molecule has 0 atom stereocenters. The zero-order valence-electron chi connectivity index (χ0n) is 15.3. The van der Waals surface area contributed by atoms with E-state index < -0.39 is 0 Å². The van der Waals surface area contributed by atoms with E-state index in [0.717, 1.165) is 63.3 Å². The minimum Gasteiger partial charge on any atom is -0.381 e. The maximum atomic E-state index is 5.54. The van der Waals surface area contributed by atoms with Crippen molar-refractivity contribution in [1.82, 2.24) is 10.6 Å². The van der Waals surface area contributed by atoms with E-state index in [9.17, 15) is 0 Å². The monoisotopic (exact) mass is 457 g/mol. The van der Waals surface area contributed by atoms with Gasteiger partial charge in [0.1, 0.15) is 0 Å². The largest absolute Gasteiger partial charge is 0.381 e. The van der Waals surface area contributed by atoms with Crippen molar-refractivity contribution in [3.8, 4) is 0 Å². The van der Waals surface area contributed by atoms with Gasteiger partial charge in [0.25, 0.3) is 0 Å². The van der Waals surface area contributed by atoms with Gasteiger partial charge in [0, 0.05) is 31.1 Å². The first-order chi connectivity index (χ1) is 10.7. The SMILES string of the molecule is CCNC(=NCC1(SCC)CCOCC1)NCC(CC)CC.I. The first-order valence-corrected chi connectivity index (χ1v) is 9.92. The summed E-state index contributed by atoms with van der Waals surface area (Å²) < 4.78 is 5.81. The molecule has 1 heterocycles. The normalized spacial score (nSPS) is 17.7. The van der Waals surface area contributed by atoms with Crippen LogP contribution in [0.15, 0.2) is 4.99 Å². The van der Waals surface area contributed by atoms with Crippen LogP contribution < -0.4 is 10.6 Å². The van der Waals surface area contributed by atoms with Crippen LogP contribution in [0, 0.1) is 5.92 Å².